The minimum atomic E-state index is -0.290. The number of nitrogens with zero attached hydrogens (tertiary/aromatic N) is 1. The average molecular weight is 353 g/mol. The molecule has 2 atom stereocenters. The van der Waals surface area contributed by atoms with Crippen molar-refractivity contribution < 1.29 is 14.3 Å². The molecule has 2 N–H and O–H groups in total. The summed E-state index contributed by atoms with van der Waals surface area (Å²) >= 11 is 0. The highest BCUT2D eigenvalue weighted by molar-refractivity contribution is 6.03. The van der Waals surface area contributed by atoms with E-state index in [-0.39, 0.29) is 23.7 Å². The van der Waals surface area contributed by atoms with Crippen molar-refractivity contribution in [2.45, 2.75) is 6.42 Å². The SMILES string of the molecule is COc1cccc(NC(=O)C2CC2C(=O)Nc2ccc(N(C)C)cc2)c1. The fourth-order valence-corrected chi connectivity index (χ4v) is 2.79. The molecule has 1 fully saturated rings. The second-order valence-electron chi connectivity index (χ2n) is 6.60. The zero-order valence-electron chi connectivity index (χ0n) is 15.2. The standard InChI is InChI=1S/C20H23N3O3/c1-23(2)15-9-7-13(8-10-15)21-19(24)17-12-18(17)20(25)22-14-5-4-6-16(11-14)26-3/h4-11,17-18H,12H2,1-3H3,(H,21,24)(H,22,25). The van der Waals surface area contributed by atoms with E-state index in [9.17, 15) is 9.59 Å². The molecule has 2 aromatic rings. The third kappa shape index (κ3) is 4.14. The van der Waals surface area contributed by atoms with Gasteiger partial charge in [-0.15, -0.1) is 0 Å². The van der Waals surface area contributed by atoms with Crippen LogP contribution in [0.4, 0.5) is 17.1 Å². The highest BCUT2D eigenvalue weighted by Crippen LogP contribution is 2.40. The van der Waals surface area contributed by atoms with Gasteiger partial charge in [-0.3, -0.25) is 9.59 Å². The molecule has 0 radical (unpaired) electrons. The van der Waals surface area contributed by atoms with Gasteiger partial charge < -0.3 is 20.3 Å². The molecule has 1 aliphatic carbocycles. The van der Waals surface area contributed by atoms with Gasteiger partial charge in [-0.25, -0.2) is 0 Å². The fourth-order valence-electron chi connectivity index (χ4n) is 2.79. The minimum Gasteiger partial charge on any atom is -0.497 e. The molecule has 26 heavy (non-hydrogen) atoms. The number of carbonyl (C=O) groups excluding carboxylic acids is 2. The first-order valence-electron chi connectivity index (χ1n) is 8.51. The normalized spacial score (nSPS) is 18.0. The summed E-state index contributed by atoms with van der Waals surface area (Å²) in [5, 5.41) is 5.72. The van der Waals surface area contributed by atoms with E-state index < -0.39 is 0 Å². The number of methoxy groups -OCH3 is 1. The summed E-state index contributed by atoms with van der Waals surface area (Å²) in [5.41, 5.74) is 2.46. The topological polar surface area (TPSA) is 70.7 Å². The molecular weight excluding hydrogens is 330 g/mol. The number of hydrogen-bond donors (Lipinski definition) is 2. The monoisotopic (exact) mass is 353 g/mol. The zero-order valence-corrected chi connectivity index (χ0v) is 15.2. The molecule has 0 aromatic heterocycles. The number of anilines is 3. The van der Waals surface area contributed by atoms with Gasteiger partial charge in [0, 0.05) is 37.2 Å². The highest BCUT2D eigenvalue weighted by Gasteiger charge is 2.48. The first-order chi connectivity index (χ1) is 12.5. The van der Waals surface area contributed by atoms with Crippen LogP contribution in [0.5, 0.6) is 5.75 Å². The van der Waals surface area contributed by atoms with Gasteiger partial charge in [0.15, 0.2) is 0 Å². The van der Waals surface area contributed by atoms with E-state index in [1.807, 2.05) is 55.4 Å². The Morgan fingerprint density at radius 2 is 1.58 bits per heavy atom. The molecule has 1 saturated carbocycles. The molecule has 0 spiro atoms. The van der Waals surface area contributed by atoms with Crippen molar-refractivity contribution in [3.05, 3.63) is 48.5 Å². The van der Waals surface area contributed by atoms with Crippen molar-refractivity contribution in [3.63, 3.8) is 0 Å². The van der Waals surface area contributed by atoms with Gasteiger partial charge in [-0.2, -0.15) is 0 Å². The Labute approximate surface area is 153 Å². The van der Waals surface area contributed by atoms with Crippen LogP contribution in [0.25, 0.3) is 0 Å². The maximum absolute atomic E-state index is 12.3. The summed E-state index contributed by atoms with van der Waals surface area (Å²) in [6.45, 7) is 0. The van der Waals surface area contributed by atoms with Gasteiger partial charge in [0.05, 0.1) is 18.9 Å². The van der Waals surface area contributed by atoms with Crippen LogP contribution in [-0.2, 0) is 9.59 Å². The van der Waals surface area contributed by atoms with Crippen molar-refractivity contribution in [3.8, 4) is 5.75 Å². The predicted molar refractivity (Wildman–Crippen MR) is 103 cm³/mol. The molecule has 3 rings (SSSR count). The molecule has 2 amide bonds. The molecule has 0 saturated heterocycles. The van der Waals surface area contributed by atoms with Crippen LogP contribution in [0.3, 0.4) is 0 Å². The lowest BCUT2D eigenvalue weighted by atomic mass is 10.2. The number of ether oxygens (including phenoxy) is 1. The predicted octanol–water partition coefficient (Wildman–Crippen LogP) is 2.97. The van der Waals surface area contributed by atoms with Crippen molar-refractivity contribution in [1.82, 2.24) is 0 Å². The molecule has 0 bridgehead atoms. The van der Waals surface area contributed by atoms with Crippen molar-refractivity contribution in [2.75, 3.05) is 36.7 Å². The van der Waals surface area contributed by atoms with Crippen LogP contribution in [-0.4, -0.2) is 33.0 Å². The van der Waals surface area contributed by atoms with Crippen LogP contribution in [0.15, 0.2) is 48.5 Å². The number of rotatable bonds is 6. The third-order valence-electron chi connectivity index (χ3n) is 4.45. The Hall–Kier alpha value is -3.02. The molecule has 2 aromatic carbocycles. The molecule has 2 unspecified atom stereocenters. The van der Waals surface area contributed by atoms with Gasteiger partial charge in [-0.1, -0.05) is 6.07 Å². The fraction of sp³-hybridized carbons (Fsp3) is 0.300. The van der Waals surface area contributed by atoms with Crippen molar-refractivity contribution in [2.24, 2.45) is 11.8 Å². The summed E-state index contributed by atoms with van der Waals surface area (Å²) in [6.07, 6.45) is 0.567. The number of nitrogens with one attached hydrogen (secondary N) is 2. The zero-order chi connectivity index (χ0) is 18.7. The van der Waals surface area contributed by atoms with E-state index in [0.717, 1.165) is 11.4 Å². The maximum Gasteiger partial charge on any atom is 0.228 e. The maximum atomic E-state index is 12.3. The Morgan fingerprint density at radius 1 is 0.962 bits per heavy atom. The number of amides is 2. The first-order valence-corrected chi connectivity index (χ1v) is 8.51. The second-order valence-corrected chi connectivity index (χ2v) is 6.60. The van der Waals surface area contributed by atoms with Crippen molar-refractivity contribution in [1.29, 1.82) is 0 Å². The summed E-state index contributed by atoms with van der Waals surface area (Å²) in [5.74, 6) is -0.153. The molecule has 136 valence electrons. The second kappa shape index (κ2) is 7.47. The largest absolute Gasteiger partial charge is 0.497 e. The Kier molecular flexibility index (Phi) is 5.11. The molecule has 6 nitrogen and oxygen atoms in total. The highest BCUT2D eigenvalue weighted by atomic mass is 16.5. The lowest BCUT2D eigenvalue weighted by Gasteiger charge is -2.13. The Morgan fingerprint density at radius 3 is 2.15 bits per heavy atom. The summed E-state index contributed by atoms with van der Waals surface area (Å²) in [4.78, 5) is 26.7. The van der Waals surface area contributed by atoms with Crippen molar-refractivity contribution >= 4 is 28.9 Å². The quantitative estimate of drug-likeness (QED) is 0.838. The van der Waals surface area contributed by atoms with Crippen LogP contribution in [0.1, 0.15) is 6.42 Å². The van der Waals surface area contributed by atoms with Crippen LogP contribution < -0.4 is 20.3 Å². The minimum absolute atomic E-state index is 0.117. The van der Waals surface area contributed by atoms with E-state index in [2.05, 4.69) is 10.6 Å². The van der Waals surface area contributed by atoms with Crippen LogP contribution in [0, 0.1) is 11.8 Å². The van der Waals surface area contributed by atoms with Gasteiger partial charge in [0.2, 0.25) is 11.8 Å². The van der Waals surface area contributed by atoms with Crippen LogP contribution >= 0.6 is 0 Å². The van der Waals surface area contributed by atoms with E-state index in [4.69, 9.17) is 4.74 Å². The van der Waals surface area contributed by atoms with E-state index in [0.29, 0.717) is 17.9 Å². The molecule has 0 aliphatic heterocycles. The molecule has 1 aliphatic rings. The van der Waals surface area contributed by atoms with Crippen LogP contribution in [0.2, 0.25) is 0 Å². The number of hydrogen-bond acceptors (Lipinski definition) is 4. The summed E-state index contributed by atoms with van der Waals surface area (Å²) < 4.78 is 5.14. The average Bonchev–Trinajstić information content (AvgIpc) is 3.43. The number of benzene rings is 2. The Balaban J connectivity index is 1.53. The van der Waals surface area contributed by atoms with E-state index >= 15 is 0 Å². The van der Waals surface area contributed by atoms with Gasteiger partial charge in [0.25, 0.3) is 0 Å². The number of carbonyl (C=O) groups is 2. The van der Waals surface area contributed by atoms with Gasteiger partial charge in [-0.05, 0) is 42.8 Å². The smallest absolute Gasteiger partial charge is 0.228 e. The van der Waals surface area contributed by atoms with E-state index in [1.54, 1.807) is 19.2 Å². The Bertz CT molecular complexity index is 802. The van der Waals surface area contributed by atoms with E-state index in [1.165, 1.54) is 0 Å². The summed E-state index contributed by atoms with van der Waals surface area (Å²) in [7, 11) is 5.50. The lowest BCUT2D eigenvalue weighted by molar-refractivity contribution is -0.122. The molecular formula is C20H23N3O3. The van der Waals surface area contributed by atoms with Gasteiger partial charge in [0.1, 0.15) is 5.75 Å². The lowest BCUT2D eigenvalue weighted by Crippen LogP contribution is -2.20. The summed E-state index contributed by atoms with van der Waals surface area (Å²) in [6, 6.07) is 14.8. The molecule has 6 heteroatoms. The first kappa shape index (κ1) is 17.8. The molecule has 0 heterocycles. The van der Waals surface area contributed by atoms with Gasteiger partial charge >= 0.3 is 0 Å². The third-order valence-corrected chi connectivity index (χ3v) is 4.45.